The average molecular weight is 343 g/mol. The Balaban J connectivity index is 2.28. The van der Waals surface area contributed by atoms with Crippen molar-refractivity contribution in [3.8, 4) is 0 Å². The molecule has 0 saturated carbocycles. The van der Waals surface area contributed by atoms with Gasteiger partial charge in [-0.2, -0.15) is 0 Å². The fraction of sp³-hybridized carbons (Fsp3) is 0.333. The molecule has 0 unspecified atom stereocenters. The highest BCUT2D eigenvalue weighted by atomic mass is 79.9. The van der Waals surface area contributed by atoms with Crippen LogP contribution < -0.4 is 11.0 Å². The van der Waals surface area contributed by atoms with Crippen molar-refractivity contribution < 1.29 is 0 Å². The van der Waals surface area contributed by atoms with Crippen LogP contribution in [0.5, 0.6) is 0 Å². The van der Waals surface area contributed by atoms with Gasteiger partial charge in [-0.05, 0) is 42.1 Å². The molecule has 0 fully saturated rings. The molecule has 5 nitrogen and oxygen atoms in total. The van der Waals surface area contributed by atoms with E-state index < -0.39 is 0 Å². The van der Waals surface area contributed by atoms with Gasteiger partial charge in [-0.3, -0.25) is 4.57 Å². The molecule has 0 saturated heterocycles. The van der Waals surface area contributed by atoms with Crippen LogP contribution in [0, 0.1) is 0 Å². The zero-order valence-electron chi connectivity index (χ0n) is 10.7. The minimum atomic E-state index is -0.201. The predicted octanol–water partition coefficient (Wildman–Crippen LogP) is 2.13. The van der Waals surface area contributed by atoms with Crippen molar-refractivity contribution in [3.05, 3.63) is 38.7 Å². The molecule has 1 aromatic carbocycles. The van der Waals surface area contributed by atoms with Crippen LogP contribution in [0.25, 0.3) is 0 Å². The first kappa shape index (κ1) is 14.4. The van der Waals surface area contributed by atoms with E-state index in [0.29, 0.717) is 5.16 Å². The first-order chi connectivity index (χ1) is 9.11. The third kappa shape index (κ3) is 3.49. The molecule has 7 heteroatoms. The van der Waals surface area contributed by atoms with E-state index in [1.165, 1.54) is 21.9 Å². The van der Waals surface area contributed by atoms with Crippen LogP contribution >= 0.6 is 27.7 Å². The number of benzene rings is 1. The molecule has 0 aliphatic heterocycles. The zero-order valence-corrected chi connectivity index (χ0v) is 13.1. The predicted molar refractivity (Wildman–Crippen MR) is 79.5 cm³/mol. The largest absolute Gasteiger partial charge is 0.343 e. The number of nitrogens with one attached hydrogen (secondary N) is 2. The lowest BCUT2D eigenvalue weighted by molar-refractivity contribution is 0.716. The normalized spacial score (nSPS) is 10.9. The molecule has 1 aromatic heterocycles. The number of hydrogen-bond donors (Lipinski definition) is 2. The van der Waals surface area contributed by atoms with Gasteiger partial charge in [0.15, 0.2) is 5.16 Å². The molecule has 0 radical (unpaired) electrons. The molecule has 0 bridgehead atoms. The van der Waals surface area contributed by atoms with Gasteiger partial charge in [0.05, 0.1) is 0 Å². The Bertz CT molecular complexity index is 622. The molecule has 2 N–H and O–H groups in total. The number of halogens is 1. The third-order valence-corrected chi connectivity index (χ3v) is 4.29. The van der Waals surface area contributed by atoms with Gasteiger partial charge in [0.1, 0.15) is 0 Å². The molecule has 19 heavy (non-hydrogen) atoms. The highest BCUT2D eigenvalue weighted by Crippen LogP contribution is 2.30. The standard InChI is InChI=1S/C12H15BrN4OS/c1-3-14-7-8-6-9(13)4-5-10(8)19-12-16-15-11(18)17(12)2/h4-6,14H,3,7H2,1-2H3,(H,15,18). The highest BCUT2D eigenvalue weighted by molar-refractivity contribution is 9.10. The second-order valence-corrected chi connectivity index (χ2v) is 5.93. The van der Waals surface area contributed by atoms with Crippen molar-refractivity contribution >= 4 is 27.7 Å². The molecule has 0 atom stereocenters. The van der Waals surface area contributed by atoms with Gasteiger partial charge in [0, 0.05) is 23.0 Å². The van der Waals surface area contributed by atoms with Crippen molar-refractivity contribution in [3.63, 3.8) is 0 Å². The summed E-state index contributed by atoms with van der Waals surface area (Å²) < 4.78 is 2.55. The number of aromatic amines is 1. The summed E-state index contributed by atoms with van der Waals surface area (Å²) in [6.45, 7) is 3.77. The summed E-state index contributed by atoms with van der Waals surface area (Å²) in [5, 5.41) is 10.4. The van der Waals surface area contributed by atoms with Crippen LogP contribution in [-0.4, -0.2) is 21.3 Å². The summed E-state index contributed by atoms with van der Waals surface area (Å²) in [4.78, 5) is 12.4. The van der Waals surface area contributed by atoms with Crippen molar-refractivity contribution in [2.24, 2.45) is 7.05 Å². The van der Waals surface area contributed by atoms with E-state index in [-0.39, 0.29) is 5.69 Å². The fourth-order valence-electron chi connectivity index (χ4n) is 1.57. The maximum atomic E-state index is 11.4. The van der Waals surface area contributed by atoms with Crippen LogP contribution in [0.3, 0.4) is 0 Å². The lowest BCUT2D eigenvalue weighted by atomic mass is 10.2. The maximum absolute atomic E-state index is 11.4. The SMILES string of the molecule is CCNCc1cc(Br)ccc1Sc1n[nH]c(=O)n1C. The van der Waals surface area contributed by atoms with Crippen molar-refractivity contribution in [1.29, 1.82) is 0 Å². The summed E-state index contributed by atoms with van der Waals surface area (Å²) in [5.74, 6) is 0. The monoisotopic (exact) mass is 342 g/mol. The van der Waals surface area contributed by atoms with Gasteiger partial charge in [-0.1, -0.05) is 22.9 Å². The minimum absolute atomic E-state index is 0.201. The number of H-pyrrole nitrogens is 1. The molecule has 0 amide bonds. The second kappa shape index (κ2) is 6.40. The summed E-state index contributed by atoms with van der Waals surface area (Å²) in [6, 6.07) is 6.10. The highest BCUT2D eigenvalue weighted by Gasteiger charge is 2.10. The van der Waals surface area contributed by atoms with Gasteiger partial charge in [-0.25, -0.2) is 9.89 Å². The molecule has 0 spiro atoms. The molecule has 2 rings (SSSR count). The molecule has 0 aliphatic rings. The fourth-order valence-corrected chi connectivity index (χ4v) is 2.88. The number of aromatic nitrogens is 3. The molecule has 102 valence electrons. The van der Waals surface area contributed by atoms with E-state index in [0.717, 1.165) is 22.5 Å². The van der Waals surface area contributed by atoms with Crippen LogP contribution in [0.15, 0.2) is 37.5 Å². The Kier molecular flexibility index (Phi) is 4.84. The van der Waals surface area contributed by atoms with E-state index >= 15 is 0 Å². The first-order valence-corrected chi connectivity index (χ1v) is 7.51. The van der Waals surface area contributed by atoms with E-state index in [9.17, 15) is 4.79 Å². The van der Waals surface area contributed by atoms with Crippen molar-refractivity contribution in [2.75, 3.05) is 6.54 Å². The summed E-state index contributed by atoms with van der Waals surface area (Å²) in [7, 11) is 1.71. The van der Waals surface area contributed by atoms with Crippen molar-refractivity contribution in [2.45, 2.75) is 23.5 Å². The summed E-state index contributed by atoms with van der Waals surface area (Å²) >= 11 is 4.96. The van der Waals surface area contributed by atoms with Crippen LogP contribution in [0.2, 0.25) is 0 Å². The van der Waals surface area contributed by atoms with Crippen LogP contribution in [0.4, 0.5) is 0 Å². The lowest BCUT2D eigenvalue weighted by Crippen LogP contribution is -2.13. The second-order valence-electron chi connectivity index (χ2n) is 4.00. The Morgan fingerprint density at radius 1 is 1.53 bits per heavy atom. The first-order valence-electron chi connectivity index (χ1n) is 5.90. The van der Waals surface area contributed by atoms with E-state index in [4.69, 9.17) is 0 Å². The molecule has 0 aliphatic carbocycles. The van der Waals surface area contributed by atoms with Gasteiger partial charge >= 0.3 is 5.69 Å². The van der Waals surface area contributed by atoms with E-state index in [1.54, 1.807) is 7.05 Å². The summed E-state index contributed by atoms with van der Waals surface area (Å²) in [5.41, 5.74) is 0.976. The van der Waals surface area contributed by atoms with Gasteiger partial charge in [-0.15, -0.1) is 5.10 Å². The molecule has 1 heterocycles. The molecule has 2 aromatic rings. The number of hydrogen-bond acceptors (Lipinski definition) is 4. The van der Waals surface area contributed by atoms with Gasteiger partial charge in [0.25, 0.3) is 0 Å². The van der Waals surface area contributed by atoms with E-state index in [2.05, 4.69) is 44.4 Å². The topological polar surface area (TPSA) is 62.7 Å². The van der Waals surface area contributed by atoms with Gasteiger partial charge in [0.2, 0.25) is 0 Å². The maximum Gasteiger partial charge on any atom is 0.343 e. The van der Waals surface area contributed by atoms with E-state index in [1.807, 2.05) is 12.1 Å². The smallest absolute Gasteiger partial charge is 0.313 e. The van der Waals surface area contributed by atoms with Crippen molar-refractivity contribution in [1.82, 2.24) is 20.1 Å². The average Bonchev–Trinajstić information content (AvgIpc) is 2.71. The number of rotatable bonds is 5. The third-order valence-electron chi connectivity index (χ3n) is 2.63. The summed E-state index contributed by atoms with van der Waals surface area (Å²) in [6.07, 6.45) is 0. The zero-order chi connectivity index (χ0) is 13.8. The quantitative estimate of drug-likeness (QED) is 0.873. The Morgan fingerprint density at radius 2 is 2.32 bits per heavy atom. The number of nitrogens with zero attached hydrogens (tertiary/aromatic N) is 2. The van der Waals surface area contributed by atoms with Gasteiger partial charge < -0.3 is 5.32 Å². The minimum Gasteiger partial charge on any atom is -0.313 e. The Morgan fingerprint density at radius 3 is 2.95 bits per heavy atom. The Labute approximate surface area is 123 Å². The lowest BCUT2D eigenvalue weighted by Gasteiger charge is -2.09. The molecular formula is C12H15BrN4OS. The molecular weight excluding hydrogens is 328 g/mol. The Hall–Kier alpha value is -1.05. The van der Waals surface area contributed by atoms with Crippen LogP contribution in [0.1, 0.15) is 12.5 Å². The van der Waals surface area contributed by atoms with Crippen LogP contribution in [-0.2, 0) is 13.6 Å².